The van der Waals surface area contributed by atoms with E-state index in [2.05, 4.69) is 10.2 Å². The molecule has 1 atom stereocenters. The van der Waals surface area contributed by atoms with E-state index in [1.54, 1.807) is 24.3 Å². The summed E-state index contributed by atoms with van der Waals surface area (Å²) in [6.45, 7) is 6.88. The summed E-state index contributed by atoms with van der Waals surface area (Å²) in [5.74, 6) is 1.94. The fourth-order valence-electron chi connectivity index (χ4n) is 2.56. The summed E-state index contributed by atoms with van der Waals surface area (Å²) < 4.78 is 16.5. The summed E-state index contributed by atoms with van der Waals surface area (Å²) in [4.78, 5) is 12.6. The highest BCUT2D eigenvalue weighted by Crippen LogP contribution is 2.29. The molecule has 1 heterocycles. The van der Waals surface area contributed by atoms with Crippen molar-refractivity contribution < 1.29 is 18.7 Å². The molecule has 0 aliphatic carbocycles. The first-order chi connectivity index (χ1) is 13.6. The Hall–Kier alpha value is -2.80. The van der Waals surface area contributed by atoms with Crippen LogP contribution in [-0.4, -0.2) is 34.4 Å². The molecule has 0 fully saturated rings. The predicted molar refractivity (Wildman–Crippen MR) is 108 cm³/mol. The van der Waals surface area contributed by atoms with Gasteiger partial charge >= 0.3 is 0 Å². The third kappa shape index (κ3) is 4.92. The van der Waals surface area contributed by atoms with E-state index in [0.717, 1.165) is 17.1 Å². The van der Waals surface area contributed by atoms with Crippen LogP contribution in [0.3, 0.4) is 0 Å². The van der Waals surface area contributed by atoms with Crippen LogP contribution in [0.2, 0.25) is 0 Å². The number of benzene rings is 2. The lowest BCUT2D eigenvalue weighted by atomic mass is 10.1. The molecule has 0 saturated heterocycles. The highest BCUT2D eigenvalue weighted by atomic mass is 32.2. The van der Waals surface area contributed by atoms with E-state index in [1.807, 2.05) is 45.0 Å². The summed E-state index contributed by atoms with van der Waals surface area (Å²) >= 11 is 1.24. The highest BCUT2D eigenvalue weighted by Gasteiger charge is 2.20. The molecule has 146 valence electrons. The number of aromatic nitrogens is 2. The van der Waals surface area contributed by atoms with Gasteiger partial charge in [0, 0.05) is 11.1 Å². The van der Waals surface area contributed by atoms with E-state index in [9.17, 15) is 4.79 Å². The van der Waals surface area contributed by atoms with Gasteiger partial charge < -0.3 is 13.9 Å². The molecule has 0 aliphatic rings. The molecule has 0 radical (unpaired) electrons. The second kappa shape index (κ2) is 9.41. The fraction of sp³-hybridized carbons (Fsp3) is 0.286. The Balaban J connectivity index is 1.64. The van der Waals surface area contributed by atoms with Gasteiger partial charge in [-0.1, -0.05) is 11.8 Å². The maximum absolute atomic E-state index is 12.6. The number of ether oxygens (including phenoxy) is 2. The summed E-state index contributed by atoms with van der Waals surface area (Å²) in [7, 11) is 0. The van der Waals surface area contributed by atoms with Crippen molar-refractivity contribution in [3.8, 4) is 23.0 Å². The second-order valence-electron chi connectivity index (χ2n) is 5.91. The van der Waals surface area contributed by atoms with Crippen molar-refractivity contribution >= 4 is 17.5 Å². The molecule has 0 bridgehead atoms. The molecule has 0 spiro atoms. The normalized spacial score (nSPS) is 11.8. The van der Waals surface area contributed by atoms with Gasteiger partial charge in [0.15, 0.2) is 5.78 Å². The van der Waals surface area contributed by atoms with Crippen molar-refractivity contribution in [2.75, 3.05) is 13.2 Å². The average molecular weight is 398 g/mol. The molecule has 6 nitrogen and oxygen atoms in total. The number of carbonyl (C=O) groups is 1. The number of carbonyl (C=O) groups excluding carboxylic acids is 1. The van der Waals surface area contributed by atoms with Crippen molar-refractivity contribution in [1.29, 1.82) is 0 Å². The van der Waals surface area contributed by atoms with Gasteiger partial charge in [0.1, 0.15) is 11.5 Å². The molecule has 7 heteroatoms. The molecular formula is C21H22N2O4S. The number of hydrogen-bond acceptors (Lipinski definition) is 7. The SMILES string of the molecule is CCOc1ccc(C(=O)C(C)Sc2nnc(-c3ccc(OCC)cc3)o2)cc1. The number of hydrogen-bond donors (Lipinski definition) is 0. The van der Waals surface area contributed by atoms with Crippen LogP contribution in [0.15, 0.2) is 58.2 Å². The Labute approximate surface area is 168 Å². The van der Waals surface area contributed by atoms with Gasteiger partial charge in [-0.2, -0.15) is 0 Å². The average Bonchev–Trinajstić information content (AvgIpc) is 3.17. The smallest absolute Gasteiger partial charge is 0.277 e. The predicted octanol–water partition coefficient (Wildman–Crippen LogP) is 4.90. The van der Waals surface area contributed by atoms with E-state index >= 15 is 0 Å². The van der Waals surface area contributed by atoms with E-state index < -0.39 is 0 Å². The molecule has 1 aromatic heterocycles. The van der Waals surface area contributed by atoms with Crippen LogP contribution < -0.4 is 9.47 Å². The van der Waals surface area contributed by atoms with Gasteiger partial charge in [0.05, 0.1) is 18.5 Å². The van der Waals surface area contributed by atoms with Crippen LogP contribution in [0, 0.1) is 0 Å². The zero-order valence-corrected chi connectivity index (χ0v) is 16.9. The van der Waals surface area contributed by atoms with Crippen LogP contribution in [0.25, 0.3) is 11.5 Å². The number of thioether (sulfide) groups is 1. The Morgan fingerprint density at radius 1 is 0.964 bits per heavy atom. The second-order valence-corrected chi connectivity index (χ2v) is 7.20. The summed E-state index contributed by atoms with van der Waals surface area (Å²) in [6, 6.07) is 14.6. The Kier molecular flexibility index (Phi) is 6.71. The van der Waals surface area contributed by atoms with E-state index in [4.69, 9.17) is 13.9 Å². The lowest BCUT2D eigenvalue weighted by Crippen LogP contribution is -2.13. The minimum atomic E-state index is -0.355. The molecule has 0 N–H and O–H groups in total. The quantitative estimate of drug-likeness (QED) is 0.375. The van der Waals surface area contributed by atoms with Crippen molar-refractivity contribution in [2.24, 2.45) is 0 Å². The number of ketones is 1. The van der Waals surface area contributed by atoms with Crippen LogP contribution >= 0.6 is 11.8 Å². The lowest BCUT2D eigenvalue weighted by Gasteiger charge is -2.08. The van der Waals surface area contributed by atoms with Gasteiger partial charge in [0.25, 0.3) is 5.22 Å². The minimum Gasteiger partial charge on any atom is -0.494 e. The number of nitrogens with zero attached hydrogens (tertiary/aromatic N) is 2. The zero-order valence-electron chi connectivity index (χ0n) is 16.0. The van der Waals surface area contributed by atoms with Crippen molar-refractivity contribution in [2.45, 2.75) is 31.2 Å². The van der Waals surface area contributed by atoms with Crippen molar-refractivity contribution in [3.05, 3.63) is 54.1 Å². The standard InChI is InChI=1S/C21H22N2O4S/c1-4-25-17-10-6-15(7-11-17)19(24)14(3)28-21-23-22-20(27-21)16-8-12-18(13-9-16)26-5-2/h6-14H,4-5H2,1-3H3. The first kappa shape index (κ1) is 19.9. The first-order valence-electron chi connectivity index (χ1n) is 9.11. The molecule has 0 saturated carbocycles. The van der Waals surface area contributed by atoms with Crippen LogP contribution in [0.4, 0.5) is 0 Å². The highest BCUT2D eigenvalue weighted by molar-refractivity contribution is 8.00. The van der Waals surface area contributed by atoms with Gasteiger partial charge in [-0.15, -0.1) is 10.2 Å². The molecular weight excluding hydrogens is 376 g/mol. The number of rotatable bonds is 9. The van der Waals surface area contributed by atoms with Crippen LogP contribution in [-0.2, 0) is 0 Å². The molecule has 2 aromatic carbocycles. The topological polar surface area (TPSA) is 74.5 Å². The summed E-state index contributed by atoms with van der Waals surface area (Å²) in [6.07, 6.45) is 0. The molecule has 0 amide bonds. The molecule has 0 aliphatic heterocycles. The zero-order chi connectivity index (χ0) is 19.9. The summed E-state index contributed by atoms with van der Waals surface area (Å²) in [5, 5.41) is 8.12. The van der Waals surface area contributed by atoms with E-state index in [-0.39, 0.29) is 11.0 Å². The molecule has 3 aromatic rings. The van der Waals surface area contributed by atoms with Crippen molar-refractivity contribution in [1.82, 2.24) is 10.2 Å². The Bertz CT molecular complexity index is 907. The fourth-order valence-corrected chi connectivity index (χ4v) is 3.32. The minimum absolute atomic E-state index is 0.00568. The van der Waals surface area contributed by atoms with E-state index in [0.29, 0.717) is 29.9 Å². The van der Waals surface area contributed by atoms with Gasteiger partial charge in [-0.25, -0.2) is 0 Å². The summed E-state index contributed by atoms with van der Waals surface area (Å²) in [5.41, 5.74) is 1.42. The van der Waals surface area contributed by atoms with Gasteiger partial charge in [0.2, 0.25) is 5.89 Å². The maximum Gasteiger partial charge on any atom is 0.277 e. The van der Waals surface area contributed by atoms with E-state index in [1.165, 1.54) is 11.8 Å². The first-order valence-corrected chi connectivity index (χ1v) is 9.99. The Morgan fingerprint density at radius 3 is 2.11 bits per heavy atom. The van der Waals surface area contributed by atoms with Crippen LogP contribution in [0.5, 0.6) is 11.5 Å². The third-order valence-electron chi connectivity index (χ3n) is 3.92. The molecule has 3 rings (SSSR count). The number of Topliss-reactive ketones (excluding diaryl/α,β-unsaturated/α-hetero) is 1. The van der Waals surface area contributed by atoms with Gasteiger partial charge in [-0.3, -0.25) is 4.79 Å². The van der Waals surface area contributed by atoms with Crippen molar-refractivity contribution in [3.63, 3.8) is 0 Å². The van der Waals surface area contributed by atoms with Crippen LogP contribution in [0.1, 0.15) is 31.1 Å². The molecule has 28 heavy (non-hydrogen) atoms. The monoisotopic (exact) mass is 398 g/mol. The third-order valence-corrected chi connectivity index (χ3v) is 4.85. The van der Waals surface area contributed by atoms with Gasteiger partial charge in [-0.05, 0) is 69.3 Å². The lowest BCUT2D eigenvalue weighted by molar-refractivity contribution is 0.0993. The molecule has 1 unspecified atom stereocenters. The largest absolute Gasteiger partial charge is 0.494 e. The Morgan fingerprint density at radius 2 is 1.54 bits per heavy atom. The maximum atomic E-state index is 12.6.